The molecule has 1 aliphatic rings. The lowest BCUT2D eigenvalue weighted by Crippen LogP contribution is -2.52. The van der Waals surface area contributed by atoms with Crippen LogP contribution in [0.1, 0.15) is 19.2 Å². The molecule has 1 unspecified atom stereocenters. The monoisotopic (exact) mass is 344 g/mol. The molecule has 0 saturated carbocycles. The van der Waals surface area contributed by atoms with Gasteiger partial charge in [-0.25, -0.2) is 0 Å². The summed E-state index contributed by atoms with van der Waals surface area (Å²) in [4.78, 5) is 5.06. The van der Waals surface area contributed by atoms with Gasteiger partial charge in [0.1, 0.15) is 0 Å². The minimum Gasteiger partial charge on any atom is -0.383 e. The third kappa shape index (κ3) is 4.84. The summed E-state index contributed by atoms with van der Waals surface area (Å²) in [6.45, 7) is 8.59. The van der Waals surface area contributed by atoms with E-state index in [4.69, 9.17) is 4.74 Å². The van der Waals surface area contributed by atoms with Gasteiger partial charge < -0.3 is 9.64 Å². The first-order chi connectivity index (χ1) is 12.3. The number of tetrazole rings is 1. The van der Waals surface area contributed by atoms with Crippen molar-refractivity contribution < 1.29 is 4.74 Å². The first kappa shape index (κ1) is 18.0. The SMILES string of the molecule is COCCN1CCN(CCCc2nnnn2-c2ccccc2)CC1C. The molecule has 0 bridgehead atoms. The Morgan fingerprint density at radius 1 is 1.16 bits per heavy atom. The molecule has 1 aliphatic heterocycles. The molecular formula is C18H28N6O. The topological polar surface area (TPSA) is 59.3 Å². The summed E-state index contributed by atoms with van der Waals surface area (Å²) in [6, 6.07) is 10.7. The Balaban J connectivity index is 1.46. The van der Waals surface area contributed by atoms with E-state index in [1.54, 1.807) is 7.11 Å². The van der Waals surface area contributed by atoms with Gasteiger partial charge in [0, 0.05) is 45.8 Å². The van der Waals surface area contributed by atoms with Crippen LogP contribution in [0, 0.1) is 0 Å². The van der Waals surface area contributed by atoms with Crippen LogP contribution in [0.4, 0.5) is 0 Å². The predicted octanol–water partition coefficient (Wildman–Crippen LogP) is 1.25. The number of benzene rings is 1. The van der Waals surface area contributed by atoms with Crippen LogP contribution < -0.4 is 0 Å². The first-order valence-electron chi connectivity index (χ1n) is 9.06. The average Bonchev–Trinajstić information content (AvgIpc) is 3.10. The Hall–Kier alpha value is -1.83. The third-order valence-corrected chi connectivity index (χ3v) is 4.84. The van der Waals surface area contributed by atoms with Crippen LogP contribution in [0.3, 0.4) is 0 Å². The molecule has 7 heteroatoms. The molecule has 1 atom stereocenters. The van der Waals surface area contributed by atoms with Gasteiger partial charge in [0.2, 0.25) is 0 Å². The molecule has 1 fully saturated rings. The summed E-state index contributed by atoms with van der Waals surface area (Å²) in [5.41, 5.74) is 1.02. The van der Waals surface area contributed by atoms with E-state index in [9.17, 15) is 0 Å². The molecule has 25 heavy (non-hydrogen) atoms. The minimum atomic E-state index is 0.582. The van der Waals surface area contributed by atoms with Crippen LogP contribution in [0.25, 0.3) is 5.69 Å². The predicted molar refractivity (Wildman–Crippen MR) is 96.8 cm³/mol. The zero-order valence-corrected chi connectivity index (χ0v) is 15.2. The fraction of sp³-hybridized carbons (Fsp3) is 0.611. The second kappa shape index (κ2) is 9.03. The van der Waals surface area contributed by atoms with Crippen molar-refractivity contribution >= 4 is 0 Å². The van der Waals surface area contributed by atoms with Gasteiger partial charge in [0.05, 0.1) is 12.3 Å². The maximum Gasteiger partial charge on any atom is 0.156 e. The van der Waals surface area contributed by atoms with Crippen LogP contribution in [0.2, 0.25) is 0 Å². The van der Waals surface area contributed by atoms with Gasteiger partial charge in [-0.2, -0.15) is 4.68 Å². The largest absolute Gasteiger partial charge is 0.383 e. The Morgan fingerprint density at radius 2 is 2.00 bits per heavy atom. The molecule has 0 radical (unpaired) electrons. The summed E-state index contributed by atoms with van der Waals surface area (Å²) < 4.78 is 7.04. The van der Waals surface area contributed by atoms with Gasteiger partial charge >= 0.3 is 0 Å². The van der Waals surface area contributed by atoms with Crippen molar-refractivity contribution in [3.63, 3.8) is 0 Å². The highest BCUT2D eigenvalue weighted by molar-refractivity contribution is 5.30. The summed E-state index contributed by atoms with van der Waals surface area (Å²) in [5, 5.41) is 12.2. The first-order valence-corrected chi connectivity index (χ1v) is 9.06. The Kier molecular flexibility index (Phi) is 6.49. The van der Waals surface area contributed by atoms with E-state index in [1.165, 1.54) is 0 Å². The average molecular weight is 344 g/mol. The number of aromatic nitrogens is 4. The van der Waals surface area contributed by atoms with Crippen molar-refractivity contribution in [1.29, 1.82) is 0 Å². The van der Waals surface area contributed by atoms with Crippen molar-refractivity contribution in [2.45, 2.75) is 25.8 Å². The molecule has 2 aromatic rings. The molecule has 0 amide bonds. The van der Waals surface area contributed by atoms with Crippen molar-refractivity contribution in [1.82, 2.24) is 30.0 Å². The fourth-order valence-electron chi connectivity index (χ4n) is 3.41. The van der Waals surface area contributed by atoms with E-state index >= 15 is 0 Å². The molecule has 3 rings (SSSR count). The normalized spacial score (nSPS) is 19.4. The number of methoxy groups -OCH3 is 1. The fourth-order valence-corrected chi connectivity index (χ4v) is 3.41. The number of nitrogens with zero attached hydrogens (tertiary/aromatic N) is 6. The highest BCUT2D eigenvalue weighted by atomic mass is 16.5. The molecule has 7 nitrogen and oxygen atoms in total. The number of hydrogen-bond donors (Lipinski definition) is 0. The van der Waals surface area contributed by atoms with E-state index in [0.717, 1.165) is 63.7 Å². The molecule has 1 saturated heterocycles. The number of ether oxygens (including phenoxy) is 1. The Labute approximate surface area is 149 Å². The van der Waals surface area contributed by atoms with Gasteiger partial charge in [-0.3, -0.25) is 4.90 Å². The van der Waals surface area contributed by atoms with Crippen molar-refractivity contribution in [3.05, 3.63) is 36.2 Å². The second-order valence-electron chi connectivity index (χ2n) is 6.62. The highest BCUT2D eigenvalue weighted by Crippen LogP contribution is 2.12. The quantitative estimate of drug-likeness (QED) is 0.718. The van der Waals surface area contributed by atoms with E-state index < -0.39 is 0 Å². The van der Waals surface area contributed by atoms with E-state index in [1.807, 2.05) is 35.0 Å². The molecular weight excluding hydrogens is 316 g/mol. The van der Waals surface area contributed by atoms with E-state index in [0.29, 0.717) is 6.04 Å². The molecule has 0 aliphatic carbocycles. The summed E-state index contributed by atoms with van der Waals surface area (Å²) in [6.07, 6.45) is 1.96. The number of piperazine rings is 1. The van der Waals surface area contributed by atoms with Crippen LogP contribution in [0.5, 0.6) is 0 Å². The highest BCUT2D eigenvalue weighted by Gasteiger charge is 2.22. The van der Waals surface area contributed by atoms with Gasteiger partial charge in [-0.05, 0) is 42.4 Å². The molecule has 1 aromatic carbocycles. The van der Waals surface area contributed by atoms with Gasteiger partial charge in [-0.1, -0.05) is 18.2 Å². The standard InChI is InChI=1S/C18H28N6O/c1-16-15-22(11-12-23(16)13-14-25-2)10-6-9-18-19-20-21-24(18)17-7-4-3-5-8-17/h3-5,7-8,16H,6,9-15H2,1-2H3. The van der Waals surface area contributed by atoms with Crippen LogP contribution in [-0.4, -0.2) is 82.5 Å². The van der Waals surface area contributed by atoms with Crippen molar-refractivity contribution in [2.24, 2.45) is 0 Å². The lowest BCUT2D eigenvalue weighted by atomic mass is 10.1. The van der Waals surface area contributed by atoms with Crippen LogP contribution in [-0.2, 0) is 11.2 Å². The smallest absolute Gasteiger partial charge is 0.156 e. The summed E-state index contributed by atoms with van der Waals surface area (Å²) in [7, 11) is 1.77. The second-order valence-corrected chi connectivity index (χ2v) is 6.62. The van der Waals surface area contributed by atoms with Crippen molar-refractivity contribution in [3.8, 4) is 5.69 Å². The van der Waals surface area contributed by atoms with Gasteiger partial charge in [-0.15, -0.1) is 5.10 Å². The van der Waals surface area contributed by atoms with E-state index in [-0.39, 0.29) is 0 Å². The maximum atomic E-state index is 5.20. The number of para-hydroxylation sites is 1. The third-order valence-electron chi connectivity index (χ3n) is 4.84. The zero-order chi connectivity index (χ0) is 17.5. The lowest BCUT2D eigenvalue weighted by Gasteiger charge is -2.39. The van der Waals surface area contributed by atoms with Crippen LogP contribution in [0.15, 0.2) is 30.3 Å². The molecule has 1 aromatic heterocycles. The molecule has 0 N–H and O–H groups in total. The molecule has 0 spiro atoms. The number of rotatable bonds is 8. The number of aryl methyl sites for hydroxylation is 1. The summed E-state index contributed by atoms with van der Waals surface area (Å²) >= 11 is 0. The van der Waals surface area contributed by atoms with Gasteiger partial charge in [0.25, 0.3) is 0 Å². The maximum absolute atomic E-state index is 5.20. The molecule has 2 heterocycles. The number of hydrogen-bond acceptors (Lipinski definition) is 6. The summed E-state index contributed by atoms with van der Waals surface area (Å²) in [5.74, 6) is 0.929. The van der Waals surface area contributed by atoms with Gasteiger partial charge in [0.15, 0.2) is 5.82 Å². The Morgan fingerprint density at radius 3 is 2.76 bits per heavy atom. The molecule has 136 valence electrons. The Bertz CT molecular complexity index is 632. The lowest BCUT2D eigenvalue weighted by molar-refractivity contribution is 0.0586. The minimum absolute atomic E-state index is 0.582. The van der Waals surface area contributed by atoms with Crippen molar-refractivity contribution in [2.75, 3.05) is 46.4 Å². The van der Waals surface area contributed by atoms with Crippen LogP contribution >= 0.6 is 0 Å². The zero-order valence-electron chi connectivity index (χ0n) is 15.2. The van der Waals surface area contributed by atoms with E-state index in [2.05, 4.69) is 32.2 Å².